The smallest absolute Gasteiger partial charge is 0.159 e. The van der Waals surface area contributed by atoms with E-state index in [0.29, 0.717) is 0 Å². The maximum Gasteiger partial charge on any atom is 0.159 e. The van der Waals surface area contributed by atoms with E-state index in [-0.39, 0.29) is 0 Å². The molecule has 0 spiro atoms. The average molecular weight is 1320 g/mol. The van der Waals surface area contributed by atoms with Gasteiger partial charge in [-0.1, -0.05) is 231 Å². The van der Waals surface area contributed by atoms with E-state index in [4.69, 9.17) is 4.42 Å². The molecule has 0 fully saturated rings. The summed E-state index contributed by atoms with van der Waals surface area (Å²) < 4.78 is 18.7. The molecule has 6 aromatic heterocycles. The lowest BCUT2D eigenvalue weighted by Crippen LogP contribution is -1.94. The van der Waals surface area contributed by atoms with Crippen LogP contribution in [0.25, 0.3) is 197 Å². The minimum atomic E-state index is 0.905. The van der Waals surface area contributed by atoms with E-state index >= 15 is 0 Å². The largest absolute Gasteiger partial charge is 0.454 e. The van der Waals surface area contributed by atoms with Crippen molar-refractivity contribution in [1.82, 2.24) is 18.3 Å². The Hall–Kier alpha value is -13.3. The molecule has 5 nitrogen and oxygen atoms in total. The first-order valence-electron chi connectivity index (χ1n) is 34.9. The van der Waals surface area contributed by atoms with Gasteiger partial charge in [-0.3, -0.25) is 0 Å². The minimum Gasteiger partial charge on any atom is -0.454 e. The van der Waals surface area contributed by atoms with E-state index < -0.39 is 0 Å². The van der Waals surface area contributed by atoms with Crippen molar-refractivity contribution in [2.75, 3.05) is 0 Å². The molecule has 0 aliphatic heterocycles. The van der Waals surface area contributed by atoms with Crippen molar-refractivity contribution in [2.45, 2.75) is 0 Å². The van der Waals surface area contributed by atoms with Gasteiger partial charge in [0, 0.05) is 91.1 Å². The lowest BCUT2D eigenvalue weighted by atomic mass is 9.99. The van der Waals surface area contributed by atoms with Crippen LogP contribution >= 0.6 is 11.3 Å². The third kappa shape index (κ3) is 9.10. The minimum absolute atomic E-state index is 0.905. The van der Waals surface area contributed by atoms with Crippen LogP contribution in [0.4, 0.5) is 0 Å². The zero-order chi connectivity index (χ0) is 66.9. The third-order valence-corrected chi connectivity index (χ3v) is 22.2. The second kappa shape index (κ2) is 23.2. The molecule has 0 aliphatic carbocycles. The van der Waals surface area contributed by atoms with Gasteiger partial charge in [0.05, 0.1) is 49.8 Å². The second-order valence-corrected chi connectivity index (χ2v) is 27.7. The first-order valence-corrected chi connectivity index (χ1v) is 35.7. The maximum absolute atomic E-state index is 6.51. The fourth-order valence-electron chi connectivity index (χ4n) is 16.4. The zero-order valence-electron chi connectivity index (χ0n) is 55.2. The van der Waals surface area contributed by atoms with Gasteiger partial charge in [-0.15, -0.1) is 11.3 Å². The summed E-state index contributed by atoms with van der Waals surface area (Å²) in [6.07, 6.45) is 0. The molecule has 476 valence electrons. The third-order valence-electron chi connectivity index (χ3n) is 21.1. The van der Waals surface area contributed by atoms with Crippen LogP contribution in [-0.2, 0) is 0 Å². The number of hydrogen-bond donors (Lipinski definition) is 0. The summed E-state index contributed by atoms with van der Waals surface area (Å²) in [5.41, 5.74) is 25.7. The number of hydrogen-bond acceptors (Lipinski definition) is 2. The standard InChI is InChI=1S/C48H30N2O.C48H30N2S/c1-2-11-31(12-3-1)32-21-25-35(26-22-32)49-42-17-7-4-13-36(42)40-29-33(23-27-44(40)49)34-24-28-45-41(30-34)37-14-5-8-18-43(37)50(45)46-19-10-16-39-38-15-6-9-20-47(38)51-48(39)46;1-2-11-34(12-3-1)49-42-17-7-4-13-37(42)40-29-32(23-27-44(40)49)33-24-28-45-41(30-33)38-14-5-8-18-43(38)50(45)35-25-21-31(22-26-35)36-16-10-20-47-48(36)39-15-6-9-19-46(39)51-47/h2*1-30H. The van der Waals surface area contributed by atoms with Gasteiger partial charge in [0.1, 0.15) is 5.58 Å². The summed E-state index contributed by atoms with van der Waals surface area (Å²) in [5, 5.41) is 14.9. The Kier molecular flexibility index (Phi) is 13.1. The highest BCUT2D eigenvalue weighted by Gasteiger charge is 2.22. The van der Waals surface area contributed by atoms with Crippen LogP contribution in [0.15, 0.2) is 368 Å². The molecule has 102 heavy (non-hydrogen) atoms. The van der Waals surface area contributed by atoms with Gasteiger partial charge >= 0.3 is 0 Å². The molecule has 0 N–H and O–H groups in total. The molecule has 0 saturated carbocycles. The summed E-state index contributed by atoms with van der Waals surface area (Å²) in [6.45, 7) is 0. The first kappa shape index (κ1) is 57.8. The summed E-state index contributed by atoms with van der Waals surface area (Å²) >= 11 is 1.87. The highest BCUT2D eigenvalue weighted by molar-refractivity contribution is 7.26. The van der Waals surface area contributed by atoms with Crippen molar-refractivity contribution >= 4 is 141 Å². The van der Waals surface area contributed by atoms with E-state index in [1.807, 2.05) is 23.5 Å². The molecule has 0 bridgehead atoms. The first-order chi connectivity index (χ1) is 50.6. The van der Waals surface area contributed by atoms with Crippen molar-refractivity contribution < 1.29 is 4.42 Å². The molecule has 6 heterocycles. The van der Waals surface area contributed by atoms with Crippen LogP contribution in [0.5, 0.6) is 0 Å². The molecule has 0 amide bonds. The normalized spacial score (nSPS) is 11.9. The number of benzene rings is 16. The van der Waals surface area contributed by atoms with Gasteiger partial charge in [-0.25, -0.2) is 0 Å². The monoisotopic (exact) mass is 1320 g/mol. The molecule has 0 saturated heterocycles. The van der Waals surface area contributed by atoms with Crippen LogP contribution < -0.4 is 0 Å². The molecule has 16 aromatic carbocycles. The summed E-state index contributed by atoms with van der Waals surface area (Å²) in [4.78, 5) is 0. The zero-order valence-corrected chi connectivity index (χ0v) is 56.1. The SMILES string of the molecule is c1ccc(-c2ccc(-n3c4ccccc4c4cc(-c5ccc6c(c5)c5ccccc5n6-c5cccc6c5oc5ccccc56)ccc43)cc2)cc1.c1ccc(-n2c3ccccc3c3cc(-c4ccc5c(c4)c4ccccc4n5-c4ccc(-c5cccc6sc7ccccc7c56)cc4)ccc32)cc1. The van der Waals surface area contributed by atoms with Crippen molar-refractivity contribution in [1.29, 1.82) is 0 Å². The van der Waals surface area contributed by atoms with E-state index in [9.17, 15) is 0 Å². The molecule has 22 aromatic rings. The topological polar surface area (TPSA) is 32.9 Å². The number of aromatic nitrogens is 4. The van der Waals surface area contributed by atoms with Crippen LogP contribution in [0.2, 0.25) is 0 Å². The summed E-state index contributed by atoms with van der Waals surface area (Å²) in [5.74, 6) is 0. The fraction of sp³-hybridized carbons (Fsp3) is 0. The molecule has 22 rings (SSSR count). The Morgan fingerprint density at radius 2 is 0.559 bits per heavy atom. The number of furan rings is 1. The van der Waals surface area contributed by atoms with Crippen molar-refractivity contribution in [3.8, 4) is 67.3 Å². The van der Waals surface area contributed by atoms with Crippen LogP contribution in [0.1, 0.15) is 0 Å². The molecule has 0 atom stereocenters. The maximum atomic E-state index is 6.51. The molecular weight excluding hydrogens is 1260 g/mol. The highest BCUT2D eigenvalue weighted by atomic mass is 32.1. The average Bonchev–Trinajstić information content (AvgIpc) is 1.56. The lowest BCUT2D eigenvalue weighted by Gasteiger charge is -2.11. The van der Waals surface area contributed by atoms with E-state index in [1.165, 1.54) is 147 Å². The van der Waals surface area contributed by atoms with Crippen LogP contribution in [0.3, 0.4) is 0 Å². The van der Waals surface area contributed by atoms with E-state index in [1.54, 1.807) is 0 Å². The van der Waals surface area contributed by atoms with Gasteiger partial charge in [0.15, 0.2) is 5.58 Å². The van der Waals surface area contributed by atoms with Crippen molar-refractivity contribution in [3.05, 3.63) is 364 Å². The molecule has 6 heteroatoms. The predicted octanol–water partition coefficient (Wildman–Crippen LogP) is 26.7. The van der Waals surface area contributed by atoms with E-state index in [2.05, 4.69) is 370 Å². The summed E-state index contributed by atoms with van der Waals surface area (Å²) in [6, 6.07) is 132. The number of para-hydroxylation sites is 7. The predicted molar refractivity (Wildman–Crippen MR) is 432 cm³/mol. The Labute approximate surface area is 590 Å². The Morgan fingerprint density at radius 1 is 0.206 bits per heavy atom. The number of fused-ring (bicyclic) bond motifs is 18. The molecule has 0 radical (unpaired) electrons. The van der Waals surface area contributed by atoms with Crippen molar-refractivity contribution in [3.63, 3.8) is 0 Å². The van der Waals surface area contributed by atoms with Gasteiger partial charge in [-0.05, 0) is 178 Å². The Bertz CT molecular complexity index is 7100. The molecule has 0 unspecified atom stereocenters. The Balaban J connectivity index is 0.000000133. The van der Waals surface area contributed by atoms with Gasteiger partial charge in [-0.2, -0.15) is 0 Å². The molecular formula is C96H60N4OS. The van der Waals surface area contributed by atoms with Crippen molar-refractivity contribution in [2.24, 2.45) is 0 Å². The summed E-state index contributed by atoms with van der Waals surface area (Å²) in [7, 11) is 0. The quantitative estimate of drug-likeness (QED) is 0.149. The number of rotatable bonds is 8. The van der Waals surface area contributed by atoms with Crippen LogP contribution in [-0.4, -0.2) is 18.3 Å². The van der Waals surface area contributed by atoms with Gasteiger partial charge in [0.2, 0.25) is 0 Å². The van der Waals surface area contributed by atoms with E-state index in [0.717, 1.165) is 50.0 Å². The number of thiophene rings is 1. The van der Waals surface area contributed by atoms with Gasteiger partial charge in [0.25, 0.3) is 0 Å². The molecule has 0 aliphatic rings. The van der Waals surface area contributed by atoms with Gasteiger partial charge < -0.3 is 22.7 Å². The number of nitrogens with zero attached hydrogens (tertiary/aromatic N) is 4. The fourth-order valence-corrected chi connectivity index (χ4v) is 17.6. The highest BCUT2D eigenvalue weighted by Crippen LogP contribution is 2.45. The lowest BCUT2D eigenvalue weighted by molar-refractivity contribution is 0.666. The van der Waals surface area contributed by atoms with Crippen LogP contribution in [0, 0.1) is 0 Å². The Morgan fingerprint density at radius 3 is 1.08 bits per heavy atom. The second-order valence-electron chi connectivity index (χ2n) is 26.7.